The third-order valence-corrected chi connectivity index (χ3v) is 2.83. The van der Waals surface area contributed by atoms with E-state index in [4.69, 9.17) is 21.1 Å². The Kier molecular flexibility index (Phi) is 14.4. The molecule has 1 aromatic rings. The van der Waals surface area contributed by atoms with Crippen LogP contribution in [0.4, 0.5) is 0 Å². The van der Waals surface area contributed by atoms with Crippen molar-refractivity contribution in [2.45, 2.75) is 48.1 Å². The number of esters is 1. The molecule has 0 aliphatic carbocycles. The molecular formula is C18H33N3O3. The summed E-state index contributed by atoms with van der Waals surface area (Å²) in [5, 5.41) is 1.41. The highest BCUT2D eigenvalue weighted by atomic mass is 16.5. The van der Waals surface area contributed by atoms with Gasteiger partial charge in [0.05, 0.1) is 26.0 Å². The van der Waals surface area contributed by atoms with Gasteiger partial charge in [-0.2, -0.15) is 0 Å². The Balaban J connectivity index is 0. The molecule has 0 aliphatic heterocycles. The molecule has 0 heterocycles. The lowest BCUT2D eigenvalue weighted by Crippen LogP contribution is -2.32. The van der Waals surface area contributed by atoms with Gasteiger partial charge in [0.15, 0.2) is 0 Å². The van der Waals surface area contributed by atoms with Crippen molar-refractivity contribution in [3.05, 3.63) is 41.2 Å². The fourth-order valence-corrected chi connectivity index (χ4v) is 1.56. The van der Waals surface area contributed by atoms with Crippen molar-refractivity contribution in [3.8, 4) is 5.75 Å². The fraction of sp³-hybridized carbons (Fsp3) is 0.500. The van der Waals surface area contributed by atoms with Gasteiger partial charge in [0, 0.05) is 0 Å². The van der Waals surface area contributed by atoms with Crippen molar-refractivity contribution in [3.63, 3.8) is 0 Å². The summed E-state index contributed by atoms with van der Waals surface area (Å²) in [6, 6.07) is 7.48. The fourth-order valence-electron chi connectivity index (χ4n) is 1.56. The molecule has 4 N–H and O–H groups in total. The van der Waals surface area contributed by atoms with Crippen LogP contribution < -0.4 is 16.3 Å². The zero-order chi connectivity index (χ0) is 19.1. The smallest absolute Gasteiger partial charge is 0.356 e. The van der Waals surface area contributed by atoms with Crippen LogP contribution >= 0.6 is 0 Å². The summed E-state index contributed by atoms with van der Waals surface area (Å²) in [6.07, 6.45) is 0. The number of nitrogens with zero attached hydrogens (tertiary/aromatic N) is 1. The topological polar surface area (TPSA) is 90.8 Å². The molecule has 6 nitrogen and oxygen atoms in total. The summed E-state index contributed by atoms with van der Waals surface area (Å²) in [6.45, 7) is 12.1. The maximum atomic E-state index is 11.5. The van der Waals surface area contributed by atoms with Gasteiger partial charge in [-0.05, 0) is 31.5 Å². The van der Waals surface area contributed by atoms with E-state index in [0.717, 1.165) is 11.3 Å². The maximum Gasteiger partial charge on any atom is 0.356 e. The molecule has 0 saturated heterocycles. The predicted octanol–water partition coefficient (Wildman–Crippen LogP) is 3.18. The van der Waals surface area contributed by atoms with E-state index in [1.165, 1.54) is 5.01 Å². The minimum Gasteiger partial charge on any atom is -0.497 e. The third kappa shape index (κ3) is 8.43. The van der Waals surface area contributed by atoms with E-state index in [1.54, 1.807) is 21.0 Å². The maximum absolute atomic E-state index is 11.5. The summed E-state index contributed by atoms with van der Waals surface area (Å²) >= 11 is 0. The van der Waals surface area contributed by atoms with Gasteiger partial charge in [0.2, 0.25) is 0 Å². The monoisotopic (exact) mass is 339 g/mol. The number of benzene rings is 1. The average Bonchev–Trinajstić information content (AvgIpc) is 2.64. The number of carbonyl (C=O) groups is 1. The molecule has 0 radical (unpaired) electrons. The zero-order valence-corrected chi connectivity index (χ0v) is 16.1. The highest BCUT2D eigenvalue weighted by Crippen LogP contribution is 2.14. The third-order valence-electron chi connectivity index (χ3n) is 2.83. The Bertz CT molecular complexity index is 485. The number of nitrogens with two attached hydrogens (primary N) is 2. The minimum absolute atomic E-state index is 0.0165. The molecule has 0 amide bonds. The lowest BCUT2D eigenvalue weighted by Gasteiger charge is -2.21. The summed E-state index contributed by atoms with van der Waals surface area (Å²) in [5.74, 6) is 6.12. The van der Waals surface area contributed by atoms with Gasteiger partial charge in [0.1, 0.15) is 11.4 Å². The molecular weight excluding hydrogens is 306 g/mol. The highest BCUT2D eigenvalue weighted by Gasteiger charge is 2.13. The van der Waals surface area contributed by atoms with E-state index in [2.05, 4.69) is 0 Å². The molecule has 24 heavy (non-hydrogen) atoms. The molecule has 0 fully saturated rings. The number of allylic oxidation sites excluding steroid dienone is 1. The largest absolute Gasteiger partial charge is 0.497 e. The first-order valence-electron chi connectivity index (χ1n) is 8.28. The van der Waals surface area contributed by atoms with Crippen LogP contribution in [-0.2, 0) is 16.1 Å². The lowest BCUT2D eigenvalue weighted by atomic mass is 10.2. The number of hydrogen-bond acceptors (Lipinski definition) is 6. The molecule has 0 saturated carbocycles. The summed E-state index contributed by atoms with van der Waals surface area (Å²) in [7, 11) is 1.61. The van der Waals surface area contributed by atoms with E-state index < -0.39 is 5.97 Å². The first kappa shape index (κ1) is 24.0. The SMILES string of the molecule is CC.CC.CCOC(=O)/C(N)=C(\C)N(N)Cc1ccc(OC)cc1. The predicted molar refractivity (Wildman–Crippen MR) is 98.9 cm³/mol. The van der Waals surface area contributed by atoms with Gasteiger partial charge in [-0.15, -0.1) is 0 Å². The van der Waals surface area contributed by atoms with E-state index in [9.17, 15) is 4.79 Å². The Morgan fingerprint density at radius 2 is 1.62 bits per heavy atom. The molecule has 0 unspecified atom stereocenters. The number of hydrazine groups is 1. The number of ether oxygens (including phenoxy) is 2. The van der Waals surface area contributed by atoms with Crippen molar-refractivity contribution in [2.24, 2.45) is 11.6 Å². The quantitative estimate of drug-likeness (QED) is 0.358. The Labute approximate surface area is 146 Å². The zero-order valence-electron chi connectivity index (χ0n) is 16.1. The summed E-state index contributed by atoms with van der Waals surface area (Å²) < 4.78 is 9.92. The Morgan fingerprint density at radius 1 is 1.12 bits per heavy atom. The second kappa shape index (κ2) is 14.4. The van der Waals surface area contributed by atoms with Gasteiger partial charge in [-0.1, -0.05) is 39.8 Å². The molecule has 138 valence electrons. The number of carbonyl (C=O) groups excluding carboxylic acids is 1. The summed E-state index contributed by atoms with van der Waals surface area (Å²) in [5.41, 5.74) is 7.17. The van der Waals surface area contributed by atoms with E-state index in [0.29, 0.717) is 12.2 Å². The van der Waals surface area contributed by atoms with Crippen LogP contribution in [0.2, 0.25) is 0 Å². The average molecular weight is 339 g/mol. The van der Waals surface area contributed by atoms with E-state index in [1.807, 2.05) is 52.0 Å². The molecule has 1 rings (SSSR count). The second-order valence-corrected chi connectivity index (χ2v) is 4.20. The van der Waals surface area contributed by atoms with Crippen LogP contribution in [0.1, 0.15) is 47.1 Å². The van der Waals surface area contributed by atoms with Gasteiger partial charge in [-0.25, -0.2) is 10.6 Å². The highest BCUT2D eigenvalue weighted by molar-refractivity contribution is 5.88. The van der Waals surface area contributed by atoms with Crippen molar-refractivity contribution in [2.75, 3.05) is 13.7 Å². The van der Waals surface area contributed by atoms with Crippen LogP contribution in [0.15, 0.2) is 35.7 Å². The Morgan fingerprint density at radius 3 is 2.04 bits per heavy atom. The van der Waals surface area contributed by atoms with Gasteiger partial charge >= 0.3 is 5.97 Å². The Hall–Kier alpha value is -2.21. The molecule has 0 aromatic heterocycles. The van der Waals surface area contributed by atoms with Gasteiger partial charge in [0.25, 0.3) is 0 Å². The van der Waals surface area contributed by atoms with Crippen molar-refractivity contribution >= 4 is 5.97 Å². The van der Waals surface area contributed by atoms with E-state index in [-0.39, 0.29) is 12.3 Å². The standard InChI is InChI=1S/C14H21N3O3.2C2H6/c1-4-20-14(18)13(15)10(2)17(16)9-11-5-7-12(19-3)8-6-11;2*1-2/h5-8H,4,9,15-16H2,1-3H3;2*1-2H3/b13-10-;;. The molecule has 0 bridgehead atoms. The normalized spacial score (nSPS) is 10.2. The first-order valence-corrected chi connectivity index (χ1v) is 8.28. The van der Waals surface area contributed by atoms with Crippen molar-refractivity contribution in [1.29, 1.82) is 0 Å². The van der Waals surface area contributed by atoms with Crippen molar-refractivity contribution in [1.82, 2.24) is 5.01 Å². The molecule has 6 heteroatoms. The van der Waals surface area contributed by atoms with Crippen LogP contribution in [0.3, 0.4) is 0 Å². The number of hydrogen-bond donors (Lipinski definition) is 2. The van der Waals surface area contributed by atoms with Crippen molar-refractivity contribution < 1.29 is 14.3 Å². The van der Waals surface area contributed by atoms with E-state index >= 15 is 0 Å². The molecule has 1 aromatic carbocycles. The van der Waals surface area contributed by atoms with Crippen LogP contribution in [-0.4, -0.2) is 24.7 Å². The molecule has 0 atom stereocenters. The van der Waals surface area contributed by atoms with Crippen LogP contribution in [0.25, 0.3) is 0 Å². The van der Waals surface area contributed by atoms with Crippen LogP contribution in [0.5, 0.6) is 5.75 Å². The molecule has 0 spiro atoms. The second-order valence-electron chi connectivity index (χ2n) is 4.20. The van der Waals surface area contributed by atoms with Gasteiger partial charge in [-0.3, -0.25) is 0 Å². The molecule has 0 aliphatic rings. The van der Waals surface area contributed by atoms with Gasteiger partial charge < -0.3 is 20.2 Å². The number of methoxy groups -OCH3 is 1. The minimum atomic E-state index is -0.560. The number of rotatable bonds is 6. The van der Waals surface area contributed by atoms with Crippen LogP contribution in [0, 0.1) is 0 Å². The summed E-state index contributed by atoms with van der Waals surface area (Å²) in [4.78, 5) is 11.5. The first-order chi connectivity index (χ1) is 11.5. The lowest BCUT2D eigenvalue weighted by molar-refractivity contribution is -0.138.